The first-order valence-corrected chi connectivity index (χ1v) is 5.55. The lowest BCUT2D eigenvalue weighted by molar-refractivity contribution is -0.142. The summed E-state index contributed by atoms with van der Waals surface area (Å²) in [5, 5.41) is 9.16. The number of carbonyl (C=O) groups is 2. The van der Waals surface area contributed by atoms with Crippen LogP contribution < -0.4 is 0 Å². The summed E-state index contributed by atoms with van der Waals surface area (Å²) >= 11 is 0. The zero-order valence-electron chi connectivity index (χ0n) is 9.88. The van der Waals surface area contributed by atoms with Gasteiger partial charge in [0, 0.05) is 13.5 Å². The average molecular weight is 233 g/mol. The van der Waals surface area contributed by atoms with Crippen LogP contribution in [0.5, 0.6) is 0 Å². The highest BCUT2D eigenvalue weighted by atomic mass is 16.4. The van der Waals surface area contributed by atoms with Gasteiger partial charge in [0.25, 0.3) is 0 Å². The summed E-state index contributed by atoms with van der Waals surface area (Å²) < 4.78 is 0. The molecule has 0 aliphatic carbocycles. The van der Waals surface area contributed by atoms with Crippen LogP contribution in [0.15, 0.2) is 24.3 Å². The van der Waals surface area contributed by atoms with E-state index >= 15 is 0 Å². The van der Waals surface area contributed by atoms with Crippen molar-refractivity contribution in [3.05, 3.63) is 35.4 Å². The number of aryl methyl sites for hydroxylation is 1. The van der Waals surface area contributed by atoms with E-state index in [2.05, 4.69) is 0 Å². The highest BCUT2D eigenvalue weighted by molar-refractivity contribution is 5.87. The topological polar surface area (TPSA) is 57.6 Å². The van der Waals surface area contributed by atoms with Gasteiger partial charge in [-0.1, -0.05) is 29.8 Å². The lowest BCUT2D eigenvalue weighted by atomic mass is 9.93. The number of carboxylic acid groups (broad SMARTS) is 1. The maximum absolute atomic E-state index is 11.6. The monoisotopic (exact) mass is 233 g/mol. The molecule has 1 aromatic carbocycles. The van der Waals surface area contributed by atoms with Gasteiger partial charge in [-0.15, -0.1) is 0 Å². The van der Waals surface area contributed by atoms with E-state index in [0.717, 1.165) is 11.1 Å². The number of carboxylic acids is 1. The summed E-state index contributed by atoms with van der Waals surface area (Å²) in [6.07, 6.45) is 0.0877. The molecule has 0 unspecified atom stereocenters. The summed E-state index contributed by atoms with van der Waals surface area (Å²) in [5.74, 6) is -1.66. The molecule has 0 spiro atoms. The van der Waals surface area contributed by atoms with Gasteiger partial charge in [-0.25, -0.2) is 0 Å². The highest BCUT2D eigenvalue weighted by Gasteiger charge is 2.42. The van der Waals surface area contributed by atoms with Gasteiger partial charge < -0.3 is 10.0 Å². The number of amides is 1. The van der Waals surface area contributed by atoms with Crippen LogP contribution in [-0.4, -0.2) is 28.9 Å². The number of hydrogen-bond acceptors (Lipinski definition) is 2. The fraction of sp³-hybridized carbons (Fsp3) is 0.385. The Morgan fingerprint density at radius 2 is 1.94 bits per heavy atom. The minimum Gasteiger partial charge on any atom is -0.481 e. The molecule has 90 valence electrons. The number of rotatable bonds is 2. The van der Waals surface area contributed by atoms with Gasteiger partial charge in [0.05, 0.1) is 12.0 Å². The Morgan fingerprint density at radius 1 is 1.35 bits per heavy atom. The van der Waals surface area contributed by atoms with Crippen molar-refractivity contribution in [2.45, 2.75) is 19.4 Å². The van der Waals surface area contributed by atoms with Gasteiger partial charge >= 0.3 is 5.97 Å². The van der Waals surface area contributed by atoms with Crippen LogP contribution in [0.2, 0.25) is 0 Å². The van der Waals surface area contributed by atoms with E-state index in [9.17, 15) is 9.59 Å². The zero-order chi connectivity index (χ0) is 12.6. The van der Waals surface area contributed by atoms with Crippen molar-refractivity contribution in [1.82, 2.24) is 4.90 Å². The highest BCUT2D eigenvalue weighted by Crippen LogP contribution is 2.36. The van der Waals surface area contributed by atoms with Crippen molar-refractivity contribution >= 4 is 11.9 Å². The molecule has 1 amide bonds. The molecule has 1 saturated heterocycles. The molecular weight excluding hydrogens is 218 g/mol. The van der Waals surface area contributed by atoms with E-state index in [1.54, 1.807) is 7.05 Å². The van der Waals surface area contributed by atoms with E-state index in [4.69, 9.17) is 5.11 Å². The van der Waals surface area contributed by atoms with Crippen LogP contribution in [0.3, 0.4) is 0 Å². The molecule has 2 rings (SSSR count). The zero-order valence-corrected chi connectivity index (χ0v) is 9.88. The molecule has 2 atom stereocenters. The summed E-state index contributed by atoms with van der Waals surface area (Å²) in [6.45, 7) is 1.97. The third kappa shape index (κ3) is 2.02. The van der Waals surface area contributed by atoms with E-state index in [1.165, 1.54) is 4.90 Å². The third-order valence-electron chi connectivity index (χ3n) is 3.32. The second kappa shape index (κ2) is 4.20. The Bertz CT molecular complexity index is 452. The van der Waals surface area contributed by atoms with Crippen LogP contribution in [0, 0.1) is 12.8 Å². The molecule has 1 N–H and O–H groups in total. The van der Waals surface area contributed by atoms with E-state index in [-0.39, 0.29) is 18.4 Å². The first kappa shape index (κ1) is 11.6. The maximum atomic E-state index is 11.6. The van der Waals surface area contributed by atoms with Crippen LogP contribution >= 0.6 is 0 Å². The molecule has 0 saturated carbocycles. The minimum atomic E-state index is -0.909. The second-order valence-electron chi connectivity index (χ2n) is 4.51. The van der Waals surface area contributed by atoms with Gasteiger partial charge in [-0.3, -0.25) is 9.59 Å². The molecule has 17 heavy (non-hydrogen) atoms. The first-order chi connectivity index (χ1) is 8.00. The normalized spacial score (nSPS) is 24.1. The first-order valence-electron chi connectivity index (χ1n) is 5.55. The Hall–Kier alpha value is -1.84. The van der Waals surface area contributed by atoms with Crippen LogP contribution in [-0.2, 0) is 9.59 Å². The summed E-state index contributed by atoms with van der Waals surface area (Å²) in [6, 6.07) is 7.31. The number of aliphatic carboxylic acids is 1. The molecule has 1 aliphatic rings. The Balaban J connectivity index is 2.37. The lowest BCUT2D eigenvalue weighted by Gasteiger charge is -2.23. The molecule has 1 heterocycles. The number of nitrogens with zero attached hydrogens (tertiary/aromatic N) is 1. The Kier molecular flexibility index (Phi) is 2.88. The number of benzene rings is 1. The van der Waals surface area contributed by atoms with Crippen molar-refractivity contribution in [2.24, 2.45) is 5.92 Å². The van der Waals surface area contributed by atoms with Gasteiger partial charge in [0.15, 0.2) is 0 Å². The quantitative estimate of drug-likeness (QED) is 0.844. The van der Waals surface area contributed by atoms with Crippen LogP contribution in [0.1, 0.15) is 23.6 Å². The Morgan fingerprint density at radius 3 is 2.47 bits per heavy atom. The van der Waals surface area contributed by atoms with E-state index < -0.39 is 11.9 Å². The van der Waals surface area contributed by atoms with Gasteiger partial charge in [0.1, 0.15) is 0 Å². The molecule has 0 radical (unpaired) electrons. The predicted octanol–water partition coefficient (Wildman–Crippen LogP) is 1.60. The largest absolute Gasteiger partial charge is 0.481 e. The van der Waals surface area contributed by atoms with E-state index in [1.807, 2.05) is 31.2 Å². The summed E-state index contributed by atoms with van der Waals surface area (Å²) in [4.78, 5) is 24.3. The van der Waals surface area contributed by atoms with Crippen LogP contribution in [0.4, 0.5) is 0 Å². The fourth-order valence-corrected chi connectivity index (χ4v) is 2.31. The molecule has 1 aromatic rings. The molecule has 0 aromatic heterocycles. The molecular formula is C13H15NO3. The van der Waals surface area contributed by atoms with Crippen LogP contribution in [0.25, 0.3) is 0 Å². The fourth-order valence-electron chi connectivity index (χ4n) is 2.31. The van der Waals surface area contributed by atoms with Crippen molar-refractivity contribution in [1.29, 1.82) is 0 Å². The number of likely N-dealkylation sites (tertiary alicyclic amines) is 1. The lowest BCUT2D eigenvalue weighted by Crippen LogP contribution is -2.26. The van der Waals surface area contributed by atoms with Gasteiger partial charge in [-0.05, 0) is 12.5 Å². The summed E-state index contributed by atoms with van der Waals surface area (Å²) in [7, 11) is 1.66. The molecule has 4 nitrogen and oxygen atoms in total. The smallest absolute Gasteiger partial charge is 0.309 e. The molecule has 4 heteroatoms. The molecule has 0 bridgehead atoms. The van der Waals surface area contributed by atoms with Gasteiger partial charge in [0.2, 0.25) is 5.91 Å². The SMILES string of the molecule is Cc1ccc([C@@H]2[C@@H](C(=O)O)CC(=O)N2C)cc1. The van der Waals surface area contributed by atoms with Crippen molar-refractivity contribution < 1.29 is 14.7 Å². The minimum absolute atomic E-state index is 0.0877. The van der Waals surface area contributed by atoms with Crippen molar-refractivity contribution in [3.8, 4) is 0 Å². The standard InChI is InChI=1S/C13H15NO3/c1-8-3-5-9(6-4-8)12-10(13(16)17)7-11(15)14(12)2/h3-6,10,12H,7H2,1-2H3,(H,16,17)/t10-,12+/m0/s1. The second-order valence-corrected chi connectivity index (χ2v) is 4.51. The maximum Gasteiger partial charge on any atom is 0.309 e. The predicted molar refractivity (Wildman–Crippen MR) is 62.4 cm³/mol. The van der Waals surface area contributed by atoms with Crippen molar-refractivity contribution in [3.63, 3.8) is 0 Å². The average Bonchev–Trinajstić information content (AvgIpc) is 2.57. The third-order valence-corrected chi connectivity index (χ3v) is 3.32. The van der Waals surface area contributed by atoms with Gasteiger partial charge in [-0.2, -0.15) is 0 Å². The number of carbonyl (C=O) groups excluding carboxylic acids is 1. The van der Waals surface area contributed by atoms with E-state index in [0.29, 0.717) is 0 Å². The molecule has 1 fully saturated rings. The number of hydrogen-bond donors (Lipinski definition) is 1. The van der Waals surface area contributed by atoms with Crippen molar-refractivity contribution in [2.75, 3.05) is 7.05 Å². The molecule has 1 aliphatic heterocycles. The summed E-state index contributed by atoms with van der Waals surface area (Å²) in [5.41, 5.74) is 2.00. The Labute approximate surface area is 99.9 Å².